The summed E-state index contributed by atoms with van der Waals surface area (Å²) >= 11 is 0. The molecule has 0 aliphatic heterocycles. The molecule has 0 bridgehead atoms. The highest BCUT2D eigenvalue weighted by Gasteiger charge is 1.95. The third-order valence-electron chi connectivity index (χ3n) is 2.01. The van der Waals surface area contributed by atoms with E-state index in [0.717, 1.165) is 19.3 Å². The Balaban J connectivity index is 0. The topological polar surface area (TPSA) is 85.2 Å². The maximum Gasteiger partial charge on any atom is 0.335 e. The number of para-hydroxylation sites is 1. The van der Waals surface area contributed by atoms with Crippen LogP contribution in [-0.2, 0) is 14.3 Å². The summed E-state index contributed by atoms with van der Waals surface area (Å²) < 4.78 is 14.3. The minimum Gasteiger partial charge on any atom is -0.423 e. The molecule has 0 saturated heterocycles. The van der Waals surface area contributed by atoms with Gasteiger partial charge in [-0.25, -0.2) is 4.79 Å². The molecule has 0 unspecified atom stereocenters. The molecule has 6 nitrogen and oxygen atoms in total. The first-order valence-corrected chi connectivity index (χ1v) is 7.42. The second kappa shape index (κ2) is 20.3. The van der Waals surface area contributed by atoms with Crippen LogP contribution in [0.5, 0.6) is 5.75 Å². The zero-order valence-corrected chi connectivity index (χ0v) is 13.9. The van der Waals surface area contributed by atoms with E-state index < -0.39 is 5.97 Å². The van der Waals surface area contributed by atoms with Crippen molar-refractivity contribution >= 4 is 5.97 Å². The van der Waals surface area contributed by atoms with E-state index in [0.29, 0.717) is 19.0 Å². The molecule has 2 N–H and O–H groups in total. The van der Waals surface area contributed by atoms with Gasteiger partial charge in [0, 0.05) is 19.3 Å². The Morgan fingerprint density at radius 3 is 1.91 bits per heavy atom. The molecular formula is C17H28O6. The van der Waals surface area contributed by atoms with Crippen LogP contribution in [0.2, 0.25) is 0 Å². The molecule has 1 aromatic rings. The predicted molar refractivity (Wildman–Crippen MR) is 89.4 cm³/mol. The number of aliphatic hydroxyl groups is 2. The van der Waals surface area contributed by atoms with Crippen LogP contribution < -0.4 is 4.74 Å². The van der Waals surface area contributed by atoms with Crippen LogP contribution in [0.25, 0.3) is 0 Å². The molecule has 0 fully saturated rings. The Hall–Kier alpha value is -1.73. The molecule has 0 aromatic heterocycles. The van der Waals surface area contributed by atoms with Gasteiger partial charge in [0.25, 0.3) is 0 Å². The van der Waals surface area contributed by atoms with Gasteiger partial charge in [-0.1, -0.05) is 24.8 Å². The van der Waals surface area contributed by atoms with Crippen LogP contribution in [0.15, 0.2) is 43.0 Å². The lowest BCUT2D eigenvalue weighted by Crippen LogP contribution is -2.03. The summed E-state index contributed by atoms with van der Waals surface area (Å²) in [5.41, 5.74) is 0. The fourth-order valence-electron chi connectivity index (χ4n) is 1.08. The molecule has 6 heteroatoms. The van der Waals surface area contributed by atoms with E-state index >= 15 is 0 Å². The summed E-state index contributed by atoms with van der Waals surface area (Å²) in [5, 5.41) is 16.2. The summed E-state index contributed by atoms with van der Waals surface area (Å²) in [6, 6.07) is 8.87. The van der Waals surface area contributed by atoms with Crippen LogP contribution >= 0.6 is 0 Å². The van der Waals surface area contributed by atoms with Gasteiger partial charge in [0.05, 0.1) is 26.4 Å². The highest BCUT2D eigenvalue weighted by atomic mass is 16.5. The Bertz CT molecular complexity index is 361. The van der Waals surface area contributed by atoms with E-state index in [1.807, 2.05) is 19.9 Å². The number of rotatable bonds is 8. The highest BCUT2D eigenvalue weighted by molar-refractivity contribution is 5.83. The van der Waals surface area contributed by atoms with E-state index in [2.05, 4.69) is 11.3 Å². The van der Waals surface area contributed by atoms with Crippen molar-refractivity contribution in [2.75, 3.05) is 39.6 Å². The number of hydrogen-bond acceptors (Lipinski definition) is 6. The van der Waals surface area contributed by atoms with Crippen molar-refractivity contribution in [1.29, 1.82) is 0 Å². The average Bonchev–Trinajstić information content (AvgIpc) is 2.58. The third-order valence-corrected chi connectivity index (χ3v) is 2.01. The first-order valence-electron chi connectivity index (χ1n) is 7.42. The number of aliphatic hydroxyl groups excluding tert-OH is 2. The number of ether oxygens (including phenoxy) is 3. The quantitative estimate of drug-likeness (QED) is 0.328. The number of hydrogen-bond donors (Lipinski definition) is 2. The fourth-order valence-corrected chi connectivity index (χ4v) is 1.08. The zero-order chi connectivity index (χ0) is 17.8. The smallest absolute Gasteiger partial charge is 0.335 e. The van der Waals surface area contributed by atoms with Gasteiger partial charge in [-0.15, -0.1) is 0 Å². The van der Waals surface area contributed by atoms with Crippen molar-refractivity contribution in [2.45, 2.75) is 13.8 Å². The van der Waals surface area contributed by atoms with Gasteiger partial charge in [-0.3, -0.25) is 0 Å². The van der Waals surface area contributed by atoms with Gasteiger partial charge in [0.15, 0.2) is 0 Å². The fraction of sp³-hybridized carbons (Fsp3) is 0.471. The van der Waals surface area contributed by atoms with Gasteiger partial charge >= 0.3 is 5.97 Å². The standard InChI is InChI=1S/C9H8O2.C4H10O3.C4H10O/c1-2-9(10)11-8-6-4-3-5-7-8;5-1-3-7-4-2-6;1-3-5-4-2/h2-7H,1H2;5-6H,1-4H2;3-4H2,1-2H3. The second-order valence-electron chi connectivity index (χ2n) is 3.78. The molecule has 23 heavy (non-hydrogen) atoms. The third kappa shape index (κ3) is 20.3. The van der Waals surface area contributed by atoms with E-state index in [4.69, 9.17) is 19.7 Å². The molecule has 132 valence electrons. The summed E-state index contributed by atoms with van der Waals surface area (Å²) in [6.07, 6.45) is 1.13. The number of esters is 1. The lowest BCUT2D eigenvalue weighted by Gasteiger charge is -1.98. The van der Waals surface area contributed by atoms with E-state index in [1.54, 1.807) is 24.3 Å². The number of benzene rings is 1. The van der Waals surface area contributed by atoms with Crippen LogP contribution in [0.3, 0.4) is 0 Å². The van der Waals surface area contributed by atoms with Crippen LogP contribution in [-0.4, -0.2) is 55.8 Å². The first kappa shape index (κ1) is 23.5. The SMILES string of the molecule is C=CC(=O)Oc1ccccc1.CCOCC.OCCOCCO. The first-order chi connectivity index (χ1) is 11.2. The van der Waals surface area contributed by atoms with Crippen molar-refractivity contribution in [2.24, 2.45) is 0 Å². The average molecular weight is 328 g/mol. The van der Waals surface area contributed by atoms with Crippen LogP contribution in [0, 0.1) is 0 Å². The van der Waals surface area contributed by atoms with E-state index in [-0.39, 0.29) is 13.2 Å². The maximum absolute atomic E-state index is 10.6. The van der Waals surface area contributed by atoms with Crippen molar-refractivity contribution in [1.82, 2.24) is 0 Å². The van der Waals surface area contributed by atoms with Crippen LogP contribution in [0.4, 0.5) is 0 Å². The largest absolute Gasteiger partial charge is 0.423 e. The molecule has 0 aliphatic carbocycles. The predicted octanol–water partition coefficient (Wildman–Crippen LogP) is 1.81. The molecule has 0 saturated carbocycles. The highest BCUT2D eigenvalue weighted by Crippen LogP contribution is 2.07. The van der Waals surface area contributed by atoms with Crippen LogP contribution in [0.1, 0.15) is 13.8 Å². The normalized spacial score (nSPS) is 8.87. The molecular weight excluding hydrogens is 300 g/mol. The monoisotopic (exact) mass is 328 g/mol. The molecule has 1 aromatic carbocycles. The molecule has 0 heterocycles. The van der Waals surface area contributed by atoms with Crippen molar-refractivity contribution < 1.29 is 29.2 Å². The summed E-state index contributed by atoms with van der Waals surface area (Å²) in [6.45, 7) is 9.64. The molecule has 0 atom stereocenters. The Kier molecular flexibility index (Phi) is 20.7. The minimum atomic E-state index is -0.434. The summed E-state index contributed by atoms with van der Waals surface area (Å²) in [7, 11) is 0. The van der Waals surface area contributed by atoms with Gasteiger partial charge < -0.3 is 24.4 Å². The molecule has 0 amide bonds. The van der Waals surface area contributed by atoms with Gasteiger partial charge in [0.2, 0.25) is 0 Å². The Morgan fingerprint density at radius 1 is 1.04 bits per heavy atom. The molecule has 0 aliphatic rings. The zero-order valence-electron chi connectivity index (χ0n) is 13.9. The van der Waals surface area contributed by atoms with Gasteiger partial charge in [-0.05, 0) is 26.0 Å². The molecule has 0 radical (unpaired) electrons. The van der Waals surface area contributed by atoms with Crippen molar-refractivity contribution in [3.8, 4) is 5.75 Å². The Morgan fingerprint density at radius 2 is 1.57 bits per heavy atom. The van der Waals surface area contributed by atoms with Crippen molar-refractivity contribution in [3.63, 3.8) is 0 Å². The second-order valence-corrected chi connectivity index (χ2v) is 3.78. The van der Waals surface area contributed by atoms with Crippen molar-refractivity contribution in [3.05, 3.63) is 43.0 Å². The summed E-state index contributed by atoms with van der Waals surface area (Å²) in [5.74, 6) is 0.105. The lowest BCUT2D eigenvalue weighted by molar-refractivity contribution is -0.128. The lowest BCUT2D eigenvalue weighted by atomic mass is 10.3. The molecule has 0 spiro atoms. The van der Waals surface area contributed by atoms with E-state index in [9.17, 15) is 4.79 Å². The number of carbonyl (C=O) groups is 1. The minimum absolute atomic E-state index is 0.0278. The van der Waals surface area contributed by atoms with Gasteiger partial charge in [0.1, 0.15) is 5.75 Å². The number of carbonyl (C=O) groups excluding carboxylic acids is 1. The van der Waals surface area contributed by atoms with Gasteiger partial charge in [-0.2, -0.15) is 0 Å². The Labute approximate surface area is 138 Å². The molecule has 1 rings (SSSR count). The van der Waals surface area contributed by atoms with E-state index in [1.165, 1.54) is 0 Å². The summed E-state index contributed by atoms with van der Waals surface area (Å²) in [4.78, 5) is 10.6. The maximum atomic E-state index is 10.6.